The van der Waals surface area contributed by atoms with Crippen molar-refractivity contribution in [3.8, 4) is 0 Å². The minimum atomic E-state index is -0.831. The molecule has 3 heterocycles. The minimum absolute atomic E-state index is 0.0323. The number of thioether (sulfide) groups is 1. The number of aliphatic hydroxyl groups excluding tert-OH is 1. The van der Waals surface area contributed by atoms with E-state index >= 15 is 0 Å². The van der Waals surface area contributed by atoms with Gasteiger partial charge in [-0.25, -0.2) is 0 Å². The second-order valence-electron chi connectivity index (χ2n) is 11.5. The summed E-state index contributed by atoms with van der Waals surface area (Å²) in [6.07, 6.45) is 1.32. The highest BCUT2D eigenvalue weighted by atomic mass is 79.9. The van der Waals surface area contributed by atoms with Crippen LogP contribution in [-0.4, -0.2) is 61.2 Å². The summed E-state index contributed by atoms with van der Waals surface area (Å²) in [5.41, 5.74) is 1.32. The smallest absolute Gasteiger partial charge is 0.248 e. The summed E-state index contributed by atoms with van der Waals surface area (Å²) in [6, 6.07) is 21.6. The van der Waals surface area contributed by atoms with Gasteiger partial charge in [0.1, 0.15) is 6.04 Å². The van der Waals surface area contributed by atoms with Gasteiger partial charge in [-0.15, -0.1) is 11.8 Å². The number of carbonyl (C=O) groups excluding carboxylic acids is 3. The maximum absolute atomic E-state index is 14.4. The number of amides is 3. The van der Waals surface area contributed by atoms with E-state index in [2.05, 4.69) is 26.6 Å². The first kappa shape index (κ1) is 28.2. The van der Waals surface area contributed by atoms with Gasteiger partial charge in [-0.1, -0.05) is 84.7 Å². The molecule has 0 radical (unpaired) electrons. The molecule has 0 aliphatic carbocycles. The maximum atomic E-state index is 14.4. The van der Waals surface area contributed by atoms with Crippen molar-refractivity contribution in [1.82, 2.24) is 4.90 Å². The fourth-order valence-electron chi connectivity index (χ4n) is 7.06. The van der Waals surface area contributed by atoms with Crippen LogP contribution in [0.2, 0.25) is 0 Å². The number of halogens is 1. The molecule has 9 heteroatoms. The molecule has 214 valence electrons. The molecular weight excluding hydrogens is 602 g/mol. The Morgan fingerprint density at radius 3 is 2.41 bits per heavy atom. The summed E-state index contributed by atoms with van der Waals surface area (Å²) in [4.78, 5) is 44.2. The van der Waals surface area contributed by atoms with Gasteiger partial charge in [0.2, 0.25) is 17.7 Å². The van der Waals surface area contributed by atoms with Crippen molar-refractivity contribution >= 4 is 67.6 Å². The SMILES string of the molecule is CC[C@H](C)[C@H](CO)N1C(=O)[C@@H]2[C@H](C(=O)Nc3ccccc3)[C@H]3SC2(CC3Br)C1C(=O)Nc1ccc2ccccc2c1. The lowest BCUT2D eigenvalue weighted by molar-refractivity contribution is -0.142. The molecule has 3 aliphatic heterocycles. The number of hydrogen-bond acceptors (Lipinski definition) is 5. The van der Waals surface area contributed by atoms with Crippen molar-refractivity contribution in [3.63, 3.8) is 0 Å². The van der Waals surface area contributed by atoms with Crippen LogP contribution in [0, 0.1) is 17.8 Å². The van der Waals surface area contributed by atoms with Crippen LogP contribution in [0.3, 0.4) is 0 Å². The number of fused-ring (bicyclic) bond motifs is 2. The van der Waals surface area contributed by atoms with E-state index < -0.39 is 28.7 Å². The molecular formula is C32H34BrN3O4S. The lowest BCUT2D eigenvalue weighted by Gasteiger charge is -2.39. The quantitative estimate of drug-likeness (QED) is 0.292. The molecule has 3 aliphatic rings. The molecule has 7 nitrogen and oxygen atoms in total. The zero-order chi connectivity index (χ0) is 28.9. The third-order valence-electron chi connectivity index (χ3n) is 9.18. The fraction of sp³-hybridized carbons (Fsp3) is 0.406. The third-order valence-corrected chi connectivity index (χ3v) is 12.4. The summed E-state index contributed by atoms with van der Waals surface area (Å²) in [5.74, 6) is -2.02. The number of hydrogen-bond donors (Lipinski definition) is 3. The average Bonchev–Trinajstić information content (AvgIpc) is 3.57. The van der Waals surface area contributed by atoms with Crippen LogP contribution in [0.1, 0.15) is 26.7 Å². The zero-order valence-electron chi connectivity index (χ0n) is 23.0. The average molecular weight is 637 g/mol. The number of rotatable bonds is 8. The van der Waals surface area contributed by atoms with E-state index in [-0.39, 0.29) is 40.3 Å². The number of likely N-dealkylation sites (tertiary alicyclic amines) is 1. The maximum Gasteiger partial charge on any atom is 0.248 e. The monoisotopic (exact) mass is 635 g/mol. The van der Waals surface area contributed by atoms with E-state index in [4.69, 9.17) is 0 Å². The van der Waals surface area contributed by atoms with Gasteiger partial charge in [-0.2, -0.15) is 0 Å². The number of nitrogens with one attached hydrogen (secondary N) is 2. The third kappa shape index (κ3) is 4.66. The van der Waals surface area contributed by atoms with Crippen LogP contribution < -0.4 is 10.6 Å². The van der Waals surface area contributed by atoms with Crippen LogP contribution in [-0.2, 0) is 14.4 Å². The van der Waals surface area contributed by atoms with E-state index in [0.29, 0.717) is 17.8 Å². The molecule has 3 amide bonds. The highest BCUT2D eigenvalue weighted by Crippen LogP contribution is 2.68. The van der Waals surface area contributed by atoms with Gasteiger partial charge in [0.05, 0.1) is 29.2 Å². The van der Waals surface area contributed by atoms with E-state index in [1.54, 1.807) is 16.7 Å². The van der Waals surface area contributed by atoms with Crippen LogP contribution in [0.15, 0.2) is 72.8 Å². The lowest BCUT2D eigenvalue weighted by Crippen LogP contribution is -2.56. The molecule has 0 saturated carbocycles. The molecule has 1 spiro atoms. The second-order valence-corrected chi connectivity index (χ2v) is 14.2. The largest absolute Gasteiger partial charge is 0.394 e. The predicted molar refractivity (Wildman–Crippen MR) is 167 cm³/mol. The molecule has 3 unspecified atom stereocenters. The van der Waals surface area contributed by atoms with Gasteiger partial charge < -0.3 is 20.6 Å². The Morgan fingerprint density at radius 1 is 1.02 bits per heavy atom. The van der Waals surface area contributed by atoms with E-state index in [1.165, 1.54) is 0 Å². The molecule has 2 bridgehead atoms. The molecule has 3 saturated heterocycles. The number of aliphatic hydroxyl groups is 1. The second kappa shape index (κ2) is 11.1. The van der Waals surface area contributed by atoms with Crippen molar-refractivity contribution in [2.75, 3.05) is 17.2 Å². The van der Waals surface area contributed by atoms with Crippen molar-refractivity contribution in [3.05, 3.63) is 72.8 Å². The molecule has 6 rings (SSSR count). The van der Waals surface area contributed by atoms with Gasteiger partial charge in [0, 0.05) is 21.5 Å². The number of benzene rings is 3. The minimum Gasteiger partial charge on any atom is -0.394 e. The molecule has 3 aromatic carbocycles. The topological polar surface area (TPSA) is 98.7 Å². The first-order chi connectivity index (χ1) is 19.8. The Morgan fingerprint density at radius 2 is 1.71 bits per heavy atom. The molecule has 0 aromatic heterocycles. The molecule has 3 N–H and O–H groups in total. The highest BCUT2D eigenvalue weighted by Gasteiger charge is 2.76. The molecule has 8 atom stereocenters. The van der Waals surface area contributed by atoms with Crippen LogP contribution in [0.5, 0.6) is 0 Å². The van der Waals surface area contributed by atoms with Crippen molar-refractivity contribution in [2.45, 2.75) is 53.6 Å². The van der Waals surface area contributed by atoms with Crippen molar-refractivity contribution < 1.29 is 19.5 Å². The Labute approximate surface area is 252 Å². The number of anilines is 2. The highest BCUT2D eigenvalue weighted by molar-refractivity contribution is 9.09. The fourth-order valence-corrected chi connectivity index (χ4v) is 10.7. The van der Waals surface area contributed by atoms with Crippen LogP contribution >= 0.6 is 27.7 Å². The normalized spacial score (nSPS) is 29.8. The molecule has 3 aromatic rings. The van der Waals surface area contributed by atoms with E-state index in [9.17, 15) is 19.5 Å². The summed E-state index contributed by atoms with van der Waals surface area (Å²) in [7, 11) is 0. The van der Waals surface area contributed by atoms with Crippen molar-refractivity contribution in [1.29, 1.82) is 0 Å². The summed E-state index contributed by atoms with van der Waals surface area (Å²) in [6.45, 7) is 3.76. The number of para-hydroxylation sites is 1. The van der Waals surface area contributed by atoms with E-state index in [0.717, 1.165) is 17.2 Å². The van der Waals surface area contributed by atoms with Gasteiger partial charge in [0.15, 0.2) is 0 Å². The summed E-state index contributed by atoms with van der Waals surface area (Å²) >= 11 is 5.41. The van der Waals surface area contributed by atoms with Gasteiger partial charge in [0.25, 0.3) is 0 Å². The van der Waals surface area contributed by atoms with Gasteiger partial charge in [-0.05, 0) is 47.4 Å². The number of carbonyl (C=O) groups is 3. The van der Waals surface area contributed by atoms with Crippen LogP contribution in [0.4, 0.5) is 11.4 Å². The Kier molecular flexibility index (Phi) is 7.63. The molecule has 41 heavy (non-hydrogen) atoms. The summed E-state index contributed by atoms with van der Waals surface area (Å²) < 4.78 is -0.795. The van der Waals surface area contributed by atoms with Crippen LogP contribution in [0.25, 0.3) is 10.8 Å². The first-order valence-electron chi connectivity index (χ1n) is 14.2. The van der Waals surface area contributed by atoms with Gasteiger partial charge >= 0.3 is 0 Å². The molecule has 3 fully saturated rings. The Hall–Kier alpha value is -2.88. The Balaban J connectivity index is 1.39. The first-order valence-corrected chi connectivity index (χ1v) is 16.0. The lowest BCUT2D eigenvalue weighted by atomic mass is 9.70. The van der Waals surface area contributed by atoms with Crippen molar-refractivity contribution in [2.24, 2.45) is 17.8 Å². The summed E-state index contributed by atoms with van der Waals surface area (Å²) in [5, 5.41) is 18.6. The number of nitrogens with zero attached hydrogens (tertiary/aromatic N) is 1. The zero-order valence-corrected chi connectivity index (χ0v) is 25.4. The predicted octanol–water partition coefficient (Wildman–Crippen LogP) is 5.29. The standard InChI is InChI=1S/C32H34BrN3O4S/c1-3-18(2)24(17-37)36-28(30(39)35-22-14-13-19-9-7-8-10-20(19)15-22)32-16-23(33)27(41-32)25(26(32)31(36)40)29(38)34-21-11-5-4-6-12-21/h4-15,18,23-28,37H,3,16-17H2,1-2H3,(H,34,38)(H,35,39)/t18-,23?,24-,25-,26-,27-,28?,32?/m0/s1. The van der Waals surface area contributed by atoms with Gasteiger partial charge in [-0.3, -0.25) is 14.4 Å². The number of alkyl halides is 1. The Bertz CT molecular complexity index is 1490. The van der Waals surface area contributed by atoms with E-state index in [1.807, 2.05) is 86.6 Å².